The SMILES string of the molecule is COC1CCC(N2CC[C@H](C)C2)C1. The third-order valence-electron chi connectivity index (χ3n) is 3.66. The van der Waals surface area contributed by atoms with Gasteiger partial charge in [0.2, 0.25) is 0 Å². The molecule has 0 N–H and O–H groups in total. The molecule has 2 rings (SSSR count). The van der Waals surface area contributed by atoms with Gasteiger partial charge in [-0.1, -0.05) is 6.92 Å². The van der Waals surface area contributed by atoms with E-state index in [1.165, 1.54) is 38.8 Å². The lowest BCUT2D eigenvalue weighted by Gasteiger charge is -2.23. The summed E-state index contributed by atoms with van der Waals surface area (Å²) in [5.41, 5.74) is 0. The summed E-state index contributed by atoms with van der Waals surface area (Å²) in [6, 6.07) is 0.829. The fourth-order valence-electron chi connectivity index (χ4n) is 2.76. The van der Waals surface area contributed by atoms with E-state index in [-0.39, 0.29) is 0 Å². The van der Waals surface area contributed by atoms with Crippen molar-refractivity contribution in [3.05, 3.63) is 0 Å². The fourth-order valence-corrected chi connectivity index (χ4v) is 2.76. The number of nitrogens with zero attached hydrogens (tertiary/aromatic N) is 1. The molecule has 2 nitrogen and oxygen atoms in total. The van der Waals surface area contributed by atoms with Crippen molar-refractivity contribution in [2.45, 2.75) is 44.8 Å². The maximum Gasteiger partial charge on any atom is 0.0586 e. The van der Waals surface area contributed by atoms with Crippen molar-refractivity contribution in [2.75, 3.05) is 20.2 Å². The lowest BCUT2D eigenvalue weighted by molar-refractivity contribution is 0.0993. The Morgan fingerprint density at radius 3 is 2.62 bits per heavy atom. The van der Waals surface area contributed by atoms with Crippen molar-refractivity contribution in [1.82, 2.24) is 4.90 Å². The Kier molecular flexibility index (Phi) is 2.89. The zero-order valence-electron chi connectivity index (χ0n) is 8.83. The molecule has 3 atom stereocenters. The molecule has 13 heavy (non-hydrogen) atoms. The van der Waals surface area contributed by atoms with E-state index in [4.69, 9.17) is 4.74 Å². The van der Waals surface area contributed by atoms with Crippen LogP contribution in [0, 0.1) is 5.92 Å². The van der Waals surface area contributed by atoms with Gasteiger partial charge in [0.05, 0.1) is 6.10 Å². The predicted molar refractivity (Wildman–Crippen MR) is 53.8 cm³/mol. The lowest BCUT2D eigenvalue weighted by atomic mass is 10.2. The largest absolute Gasteiger partial charge is 0.381 e. The quantitative estimate of drug-likeness (QED) is 0.648. The Hall–Kier alpha value is -0.0800. The van der Waals surface area contributed by atoms with Crippen molar-refractivity contribution >= 4 is 0 Å². The molecular formula is C11H21NO. The van der Waals surface area contributed by atoms with Gasteiger partial charge >= 0.3 is 0 Å². The molecule has 1 aliphatic carbocycles. The maximum absolute atomic E-state index is 5.40. The van der Waals surface area contributed by atoms with E-state index in [1.807, 2.05) is 7.11 Å². The summed E-state index contributed by atoms with van der Waals surface area (Å²) < 4.78 is 5.40. The fraction of sp³-hybridized carbons (Fsp3) is 1.00. The van der Waals surface area contributed by atoms with Crippen LogP contribution < -0.4 is 0 Å². The van der Waals surface area contributed by atoms with Gasteiger partial charge in [-0.15, -0.1) is 0 Å². The second-order valence-corrected chi connectivity index (χ2v) is 4.71. The first-order valence-electron chi connectivity index (χ1n) is 5.56. The molecule has 2 unspecified atom stereocenters. The van der Waals surface area contributed by atoms with Crippen LogP contribution in [0.2, 0.25) is 0 Å². The van der Waals surface area contributed by atoms with Crippen LogP contribution in [0.1, 0.15) is 32.6 Å². The minimum atomic E-state index is 0.543. The van der Waals surface area contributed by atoms with Gasteiger partial charge in [-0.3, -0.25) is 0 Å². The van der Waals surface area contributed by atoms with Gasteiger partial charge < -0.3 is 9.64 Å². The van der Waals surface area contributed by atoms with Gasteiger partial charge in [-0.05, 0) is 38.1 Å². The first-order chi connectivity index (χ1) is 6.29. The number of ether oxygens (including phenoxy) is 1. The maximum atomic E-state index is 5.40. The molecule has 2 aliphatic rings. The van der Waals surface area contributed by atoms with E-state index in [9.17, 15) is 0 Å². The summed E-state index contributed by atoms with van der Waals surface area (Å²) in [6.07, 6.45) is 5.83. The van der Waals surface area contributed by atoms with E-state index < -0.39 is 0 Å². The summed E-state index contributed by atoms with van der Waals surface area (Å²) in [5, 5.41) is 0. The average Bonchev–Trinajstić information content (AvgIpc) is 2.71. The highest BCUT2D eigenvalue weighted by atomic mass is 16.5. The van der Waals surface area contributed by atoms with Crippen LogP contribution in [0.5, 0.6) is 0 Å². The second kappa shape index (κ2) is 3.97. The Labute approximate surface area is 81.3 Å². The third-order valence-corrected chi connectivity index (χ3v) is 3.66. The average molecular weight is 183 g/mol. The first kappa shape index (κ1) is 9.47. The van der Waals surface area contributed by atoms with Crippen molar-refractivity contribution in [2.24, 2.45) is 5.92 Å². The topological polar surface area (TPSA) is 12.5 Å². The van der Waals surface area contributed by atoms with Crippen molar-refractivity contribution < 1.29 is 4.74 Å². The molecule has 0 aromatic heterocycles. The second-order valence-electron chi connectivity index (χ2n) is 4.71. The Balaban J connectivity index is 1.82. The number of rotatable bonds is 2. The molecule has 0 aromatic rings. The number of hydrogen-bond donors (Lipinski definition) is 0. The molecule has 76 valence electrons. The van der Waals surface area contributed by atoms with E-state index in [1.54, 1.807) is 0 Å². The molecular weight excluding hydrogens is 162 g/mol. The smallest absolute Gasteiger partial charge is 0.0586 e. The molecule has 0 aromatic carbocycles. The molecule has 0 amide bonds. The predicted octanol–water partition coefficient (Wildman–Crippen LogP) is 1.90. The van der Waals surface area contributed by atoms with Crippen LogP contribution in [0.4, 0.5) is 0 Å². The highest BCUT2D eigenvalue weighted by Gasteiger charge is 2.32. The molecule has 1 heterocycles. The van der Waals surface area contributed by atoms with Gasteiger partial charge in [0, 0.05) is 19.7 Å². The van der Waals surface area contributed by atoms with E-state index in [0.29, 0.717) is 6.10 Å². The minimum Gasteiger partial charge on any atom is -0.381 e. The molecule has 0 spiro atoms. The monoisotopic (exact) mass is 183 g/mol. The summed E-state index contributed by atoms with van der Waals surface area (Å²) in [6.45, 7) is 5.01. The standard InChI is InChI=1S/C11H21NO/c1-9-5-6-12(8-9)10-3-4-11(7-10)13-2/h9-11H,3-8H2,1-2H3/t9-,10?,11?/m0/s1. The molecule has 1 saturated carbocycles. The minimum absolute atomic E-state index is 0.543. The summed E-state index contributed by atoms with van der Waals surface area (Å²) in [4.78, 5) is 2.67. The van der Waals surface area contributed by atoms with Gasteiger partial charge in [0.25, 0.3) is 0 Å². The zero-order valence-corrected chi connectivity index (χ0v) is 8.83. The van der Waals surface area contributed by atoms with Crippen molar-refractivity contribution in [3.63, 3.8) is 0 Å². The Morgan fingerprint density at radius 1 is 1.23 bits per heavy atom. The zero-order chi connectivity index (χ0) is 9.26. The Morgan fingerprint density at radius 2 is 2.08 bits per heavy atom. The summed E-state index contributed by atoms with van der Waals surface area (Å²) in [7, 11) is 1.85. The van der Waals surface area contributed by atoms with Gasteiger partial charge in [0.15, 0.2) is 0 Å². The van der Waals surface area contributed by atoms with E-state index >= 15 is 0 Å². The highest BCUT2D eigenvalue weighted by Crippen LogP contribution is 2.29. The van der Waals surface area contributed by atoms with E-state index in [0.717, 1.165) is 12.0 Å². The highest BCUT2D eigenvalue weighted by molar-refractivity contribution is 4.86. The van der Waals surface area contributed by atoms with Crippen LogP contribution in [-0.2, 0) is 4.74 Å². The normalized spacial score (nSPS) is 41.5. The summed E-state index contributed by atoms with van der Waals surface area (Å²) in [5.74, 6) is 0.918. The molecule has 2 fully saturated rings. The van der Waals surface area contributed by atoms with Crippen LogP contribution in [0.15, 0.2) is 0 Å². The molecule has 1 saturated heterocycles. The molecule has 0 bridgehead atoms. The number of likely N-dealkylation sites (tertiary alicyclic amines) is 1. The van der Waals surface area contributed by atoms with Crippen molar-refractivity contribution in [1.29, 1.82) is 0 Å². The van der Waals surface area contributed by atoms with Gasteiger partial charge in [0.1, 0.15) is 0 Å². The lowest BCUT2D eigenvalue weighted by Crippen LogP contribution is -2.31. The van der Waals surface area contributed by atoms with Gasteiger partial charge in [-0.2, -0.15) is 0 Å². The molecule has 1 aliphatic heterocycles. The molecule has 0 radical (unpaired) electrons. The molecule has 2 heteroatoms. The van der Waals surface area contributed by atoms with Crippen molar-refractivity contribution in [3.8, 4) is 0 Å². The first-order valence-corrected chi connectivity index (χ1v) is 5.56. The van der Waals surface area contributed by atoms with Crippen LogP contribution in [-0.4, -0.2) is 37.2 Å². The van der Waals surface area contributed by atoms with Crippen LogP contribution in [0.3, 0.4) is 0 Å². The van der Waals surface area contributed by atoms with Gasteiger partial charge in [-0.25, -0.2) is 0 Å². The number of methoxy groups -OCH3 is 1. The third kappa shape index (κ3) is 2.05. The van der Waals surface area contributed by atoms with Crippen LogP contribution in [0.25, 0.3) is 0 Å². The van der Waals surface area contributed by atoms with Crippen LogP contribution >= 0.6 is 0 Å². The van der Waals surface area contributed by atoms with E-state index in [2.05, 4.69) is 11.8 Å². The summed E-state index contributed by atoms with van der Waals surface area (Å²) >= 11 is 0. The number of hydrogen-bond acceptors (Lipinski definition) is 2. The Bertz CT molecular complexity index is 171.